The summed E-state index contributed by atoms with van der Waals surface area (Å²) in [6.07, 6.45) is 0.482. The van der Waals surface area contributed by atoms with E-state index < -0.39 is 5.97 Å². The van der Waals surface area contributed by atoms with Crippen LogP contribution in [-0.2, 0) is 9.53 Å². The summed E-state index contributed by atoms with van der Waals surface area (Å²) >= 11 is 3.18. The molecule has 4 heteroatoms. The summed E-state index contributed by atoms with van der Waals surface area (Å²) in [4.78, 5) is 10.6. The molecule has 0 saturated carbocycles. The number of hydrogen-bond acceptors (Lipinski definition) is 2. The Balaban J connectivity index is 4.61. The maximum atomic E-state index is 10.6. The molecule has 1 N–H and O–H groups in total. The lowest BCUT2D eigenvalue weighted by Gasteiger charge is -2.08. The zero-order valence-electron chi connectivity index (χ0n) is 7.26. The van der Waals surface area contributed by atoms with Crippen molar-refractivity contribution in [1.29, 1.82) is 0 Å². The summed E-state index contributed by atoms with van der Waals surface area (Å²) in [6, 6.07) is 0. The lowest BCUT2D eigenvalue weighted by Crippen LogP contribution is -2.07. The lowest BCUT2D eigenvalue weighted by molar-refractivity contribution is -0.133. The lowest BCUT2D eigenvalue weighted by atomic mass is 10.2. The van der Waals surface area contributed by atoms with Crippen LogP contribution in [0.15, 0.2) is 11.3 Å². The second-order valence-electron chi connectivity index (χ2n) is 2.13. The third kappa shape index (κ3) is 3.26. The molecule has 3 nitrogen and oxygen atoms in total. The largest absolute Gasteiger partial charge is 0.497 e. The molecule has 0 radical (unpaired) electrons. The second-order valence-corrected chi connectivity index (χ2v) is 2.69. The molecule has 0 aromatic heterocycles. The molecule has 0 amide bonds. The minimum Gasteiger partial charge on any atom is -0.497 e. The van der Waals surface area contributed by atoms with Gasteiger partial charge in [-0.05, 0) is 13.3 Å². The molecule has 0 heterocycles. The molecule has 0 aromatic rings. The van der Waals surface area contributed by atoms with Crippen LogP contribution in [0.5, 0.6) is 0 Å². The number of halogens is 1. The number of allylic oxidation sites excluding steroid dienone is 1. The molecule has 0 aliphatic rings. The van der Waals surface area contributed by atoms with Crippen LogP contribution in [-0.4, -0.2) is 23.0 Å². The van der Waals surface area contributed by atoms with Crippen LogP contribution in [0.25, 0.3) is 0 Å². The molecule has 0 atom stereocenters. The van der Waals surface area contributed by atoms with Crippen LogP contribution in [0, 0.1) is 0 Å². The Morgan fingerprint density at radius 2 is 2.08 bits per heavy atom. The molecule has 0 bridgehead atoms. The Hall–Kier alpha value is -0.510. The number of carbonyl (C=O) groups is 1. The highest BCUT2D eigenvalue weighted by molar-refractivity contribution is 9.09. The highest BCUT2D eigenvalue weighted by atomic mass is 79.9. The summed E-state index contributed by atoms with van der Waals surface area (Å²) in [5, 5.41) is 9.20. The topological polar surface area (TPSA) is 46.5 Å². The van der Waals surface area contributed by atoms with Crippen LogP contribution in [0.1, 0.15) is 20.3 Å². The third-order valence-corrected chi connectivity index (χ3v) is 1.90. The van der Waals surface area contributed by atoms with Crippen LogP contribution in [0.3, 0.4) is 0 Å². The highest BCUT2D eigenvalue weighted by Crippen LogP contribution is 2.12. The van der Waals surface area contributed by atoms with Gasteiger partial charge in [0.25, 0.3) is 0 Å². The molecule has 0 saturated heterocycles. The van der Waals surface area contributed by atoms with Gasteiger partial charge < -0.3 is 9.84 Å². The first kappa shape index (κ1) is 11.5. The second kappa shape index (κ2) is 6.06. The minimum atomic E-state index is -0.902. The summed E-state index contributed by atoms with van der Waals surface area (Å²) in [6.45, 7) is 4.13. The Morgan fingerprint density at radius 3 is 2.33 bits per heavy atom. The van der Waals surface area contributed by atoms with E-state index in [0.717, 1.165) is 0 Å². The standard InChI is InChI=1S/C8H13BrO3/c1-3-6(8(10)11)7(5-9)12-4-2/h3-5H2,1-2H3,(H,10,11). The molecular weight excluding hydrogens is 224 g/mol. The van der Waals surface area contributed by atoms with Gasteiger partial charge in [0.15, 0.2) is 0 Å². The van der Waals surface area contributed by atoms with Gasteiger partial charge in [0.1, 0.15) is 5.76 Å². The zero-order valence-corrected chi connectivity index (χ0v) is 8.85. The SMILES string of the molecule is CCOC(CBr)=C(CC)C(=O)O. The van der Waals surface area contributed by atoms with Crippen molar-refractivity contribution >= 4 is 21.9 Å². The molecule has 70 valence electrons. The van der Waals surface area contributed by atoms with Gasteiger partial charge in [-0.25, -0.2) is 4.79 Å². The monoisotopic (exact) mass is 236 g/mol. The maximum Gasteiger partial charge on any atom is 0.334 e. The van der Waals surface area contributed by atoms with Gasteiger partial charge in [0.05, 0.1) is 17.5 Å². The first-order valence-electron chi connectivity index (χ1n) is 3.81. The number of rotatable bonds is 5. The molecule has 12 heavy (non-hydrogen) atoms. The van der Waals surface area contributed by atoms with Crippen LogP contribution in [0.2, 0.25) is 0 Å². The van der Waals surface area contributed by atoms with Crippen LogP contribution >= 0.6 is 15.9 Å². The van der Waals surface area contributed by atoms with E-state index >= 15 is 0 Å². The van der Waals surface area contributed by atoms with E-state index in [0.29, 0.717) is 29.7 Å². The van der Waals surface area contributed by atoms with Crippen LogP contribution < -0.4 is 0 Å². The number of ether oxygens (including phenoxy) is 1. The zero-order chi connectivity index (χ0) is 9.56. The average Bonchev–Trinajstić information content (AvgIpc) is 2.03. The number of hydrogen-bond donors (Lipinski definition) is 1. The molecule has 0 aromatic carbocycles. The van der Waals surface area contributed by atoms with Gasteiger partial charge in [0, 0.05) is 0 Å². The van der Waals surface area contributed by atoms with Gasteiger partial charge >= 0.3 is 5.97 Å². The number of alkyl halides is 1. The van der Waals surface area contributed by atoms with Crippen molar-refractivity contribution in [3.63, 3.8) is 0 Å². The minimum absolute atomic E-state index is 0.341. The van der Waals surface area contributed by atoms with Gasteiger partial charge in [-0.3, -0.25) is 0 Å². The first-order chi connectivity index (χ1) is 5.67. The van der Waals surface area contributed by atoms with E-state index in [2.05, 4.69) is 15.9 Å². The van der Waals surface area contributed by atoms with Crippen LogP contribution in [0.4, 0.5) is 0 Å². The summed E-state index contributed by atoms with van der Waals surface area (Å²) in [5.74, 6) is -0.382. The van der Waals surface area contributed by atoms with Crippen molar-refractivity contribution in [3.8, 4) is 0 Å². The summed E-state index contributed by atoms with van der Waals surface area (Å²) in [7, 11) is 0. The van der Waals surface area contributed by atoms with E-state index in [9.17, 15) is 4.79 Å². The maximum absolute atomic E-state index is 10.6. The van der Waals surface area contributed by atoms with E-state index in [1.54, 1.807) is 6.92 Å². The van der Waals surface area contributed by atoms with Crippen molar-refractivity contribution in [3.05, 3.63) is 11.3 Å². The van der Waals surface area contributed by atoms with E-state index in [1.165, 1.54) is 0 Å². The Kier molecular flexibility index (Phi) is 5.80. The third-order valence-electron chi connectivity index (χ3n) is 1.39. The normalized spacial score (nSPS) is 12.2. The quantitative estimate of drug-likeness (QED) is 0.452. The smallest absolute Gasteiger partial charge is 0.334 e. The van der Waals surface area contributed by atoms with E-state index in [-0.39, 0.29) is 0 Å². The fourth-order valence-corrected chi connectivity index (χ4v) is 1.35. The van der Waals surface area contributed by atoms with E-state index in [1.807, 2.05) is 6.92 Å². The Morgan fingerprint density at radius 1 is 1.50 bits per heavy atom. The summed E-state index contributed by atoms with van der Waals surface area (Å²) in [5.41, 5.74) is 0.341. The van der Waals surface area contributed by atoms with Gasteiger partial charge in [-0.1, -0.05) is 22.9 Å². The highest BCUT2D eigenvalue weighted by Gasteiger charge is 2.12. The predicted octanol–water partition coefficient (Wildman–Crippen LogP) is 2.17. The van der Waals surface area contributed by atoms with Gasteiger partial charge in [-0.15, -0.1) is 0 Å². The van der Waals surface area contributed by atoms with Crippen molar-refractivity contribution in [2.24, 2.45) is 0 Å². The molecule has 0 unspecified atom stereocenters. The number of carboxylic acid groups (broad SMARTS) is 1. The summed E-state index contributed by atoms with van der Waals surface area (Å²) < 4.78 is 5.16. The fraction of sp³-hybridized carbons (Fsp3) is 0.625. The van der Waals surface area contributed by atoms with E-state index in [4.69, 9.17) is 9.84 Å². The van der Waals surface area contributed by atoms with Crippen molar-refractivity contribution in [2.45, 2.75) is 20.3 Å². The van der Waals surface area contributed by atoms with Gasteiger partial charge in [-0.2, -0.15) is 0 Å². The molecule has 0 rings (SSSR count). The molecule has 0 aliphatic heterocycles. The number of carboxylic acids is 1. The first-order valence-corrected chi connectivity index (χ1v) is 4.93. The Bertz CT molecular complexity index is 187. The fourth-order valence-electron chi connectivity index (χ4n) is 0.848. The predicted molar refractivity (Wildman–Crippen MR) is 50.4 cm³/mol. The van der Waals surface area contributed by atoms with Crippen molar-refractivity contribution in [1.82, 2.24) is 0 Å². The molecule has 0 spiro atoms. The number of aliphatic carboxylic acids is 1. The Labute approximate surface area is 80.5 Å². The molecule has 0 fully saturated rings. The van der Waals surface area contributed by atoms with Crippen molar-refractivity contribution < 1.29 is 14.6 Å². The molecular formula is C8H13BrO3. The molecule has 0 aliphatic carbocycles. The average molecular weight is 237 g/mol. The van der Waals surface area contributed by atoms with Crippen molar-refractivity contribution in [2.75, 3.05) is 11.9 Å². The van der Waals surface area contributed by atoms with Gasteiger partial charge in [0.2, 0.25) is 0 Å².